The number of fused-ring (bicyclic) bond motifs is 7. The van der Waals surface area contributed by atoms with Crippen LogP contribution in [0.5, 0.6) is 0 Å². The van der Waals surface area contributed by atoms with Gasteiger partial charge in [0.05, 0.1) is 16.5 Å². The molecule has 3 aromatic carbocycles. The fraction of sp³-hybridized carbons (Fsp3) is 0.296. The van der Waals surface area contributed by atoms with E-state index in [1.54, 1.807) is 5.06 Å². The van der Waals surface area contributed by atoms with Crippen molar-refractivity contribution in [3.63, 3.8) is 0 Å². The summed E-state index contributed by atoms with van der Waals surface area (Å²) in [5.74, 6) is -0.559. The summed E-state index contributed by atoms with van der Waals surface area (Å²) in [6, 6.07) is 22.8. The van der Waals surface area contributed by atoms with Crippen molar-refractivity contribution in [3.8, 4) is 0 Å². The minimum absolute atomic E-state index is 0.336. The van der Waals surface area contributed by atoms with Crippen LogP contribution in [0.15, 0.2) is 77.7 Å². The van der Waals surface area contributed by atoms with Crippen LogP contribution in [0.3, 0.4) is 0 Å². The Morgan fingerprint density at radius 2 is 1.74 bits per heavy atom. The largest absolute Gasteiger partial charge is 0.431 e. The van der Waals surface area contributed by atoms with Crippen LogP contribution >= 0.6 is 0 Å². The maximum atomic E-state index is 14.5. The maximum absolute atomic E-state index is 14.5. The SMILES string of the molecule is CCO[C@H]1OC(=O)[C@]2([S@@](=O)c3ccc(C)cc3)[C@H]1ON1c3ccccc3Cc3ccccc3[C@@H]12. The van der Waals surface area contributed by atoms with Gasteiger partial charge in [-0.25, -0.2) is 5.06 Å². The Morgan fingerprint density at radius 1 is 1.03 bits per heavy atom. The minimum atomic E-state index is -1.78. The van der Waals surface area contributed by atoms with Crippen molar-refractivity contribution in [1.82, 2.24) is 0 Å². The van der Waals surface area contributed by atoms with Crippen LogP contribution in [0.2, 0.25) is 0 Å². The van der Waals surface area contributed by atoms with Crippen LogP contribution in [0, 0.1) is 6.92 Å². The molecular formula is C27H25NO5S. The summed E-state index contributed by atoms with van der Waals surface area (Å²) < 4.78 is 24.5. The van der Waals surface area contributed by atoms with E-state index in [1.165, 1.54) is 0 Å². The second-order valence-electron chi connectivity index (χ2n) is 8.86. The summed E-state index contributed by atoms with van der Waals surface area (Å²) >= 11 is 0. The van der Waals surface area contributed by atoms with E-state index in [0.717, 1.165) is 27.9 Å². The Hall–Kier alpha value is -3.00. The lowest BCUT2D eigenvalue weighted by Crippen LogP contribution is -2.51. The fourth-order valence-electron chi connectivity index (χ4n) is 5.35. The lowest BCUT2D eigenvalue weighted by atomic mass is 9.87. The second-order valence-corrected chi connectivity index (χ2v) is 10.5. The zero-order valence-electron chi connectivity index (χ0n) is 19.0. The van der Waals surface area contributed by atoms with Crippen LogP contribution in [-0.4, -0.2) is 33.9 Å². The van der Waals surface area contributed by atoms with E-state index in [2.05, 4.69) is 12.1 Å². The number of cyclic esters (lactones) is 1. The number of hydroxylamine groups is 1. The zero-order chi connectivity index (χ0) is 23.4. The molecule has 0 aromatic heterocycles. The van der Waals surface area contributed by atoms with Crippen molar-refractivity contribution in [2.75, 3.05) is 11.7 Å². The van der Waals surface area contributed by atoms with E-state index < -0.39 is 40.0 Å². The predicted molar refractivity (Wildman–Crippen MR) is 128 cm³/mol. The molecule has 3 aromatic rings. The first-order chi connectivity index (χ1) is 16.6. The first kappa shape index (κ1) is 21.5. The average molecular weight is 476 g/mol. The van der Waals surface area contributed by atoms with Gasteiger partial charge in [-0.3, -0.25) is 13.8 Å². The van der Waals surface area contributed by atoms with Gasteiger partial charge in [-0.15, -0.1) is 0 Å². The molecule has 0 unspecified atom stereocenters. The van der Waals surface area contributed by atoms with Gasteiger partial charge in [0.1, 0.15) is 6.04 Å². The molecule has 6 nitrogen and oxygen atoms in total. The third-order valence-corrected chi connectivity index (χ3v) is 8.85. The Morgan fingerprint density at radius 3 is 2.50 bits per heavy atom. The quantitative estimate of drug-likeness (QED) is 0.527. The molecule has 7 heteroatoms. The summed E-state index contributed by atoms with van der Waals surface area (Å²) in [5, 5.41) is 1.78. The number of para-hydroxylation sites is 1. The Bertz CT molecular complexity index is 1290. The molecule has 0 bridgehead atoms. The Labute approximate surface area is 200 Å². The molecule has 5 atom stereocenters. The van der Waals surface area contributed by atoms with Gasteiger partial charge < -0.3 is 9.47 Å². The topological polar surface area (TPSA) is 65.1 Å². The lowest BCUT2D eigenvalue weighted by molar-refractivity contribution is -0.178. The van der Waals surface area contributed by atoms with Crippen molar-refractivity contribution in [3.05, 3.63) is 95.1 Å². The molecule has 0 saturated carbocycles. The molecule has 0 radical (unpaired) electrons. The molecular weight excluding hydrogens is 450 g/mol. The van der Waals surface area contributed by atoms with Gasteiger partial charge >= 0.3 is 5.97 Å². The molecule has 0 spiro atoms. The van der Waals surface area contributed by atoms with Crippen molar-refractivity contribution in [1.29, 1.82) is 0 Å². The number of carbonyl (C=O) groups is 1. The predicted octanol–water partition coefficient (Wildman–Crippen LogP) is 4.23. The first-order valence-corrected chi connectivity index (χ1v) is 12.6. The van der Waals surface area contributed by atoms with Crippen molar-refractivity contribution < 1.29 is 23.3 Å². The van der Waals surface area contributed by atoms with Crippen molar-refractivity contribution in [2.45, 2.75) is 48.3 Å². The zero-order valence-corrected chi connectivity index (χ0v) is 19.8. The number of aryl methyl sites for hydroxylation is 1. The smallest absolute Gasteiger partial charge is 0.333 e. The normalized spacial score (nSPS) is 27.8. The standard InChI is InChI=1S/C27H25NO5S/c1-3-31-25-24-27(26(29)32-25,34(30)20-14-12-17(2)13-15-20)23-21-10-6-4-8-18(21)16-19-9-5-7-11-22(19)28(23)33-24/h4-15,23-25H,3,16H2,1-2H3/t23-,24+,25+,27-,34+/m1/s1. The summed E-state index contributed by atoms with van der Waals surface area (Å²) in [6.45, 7) is 4.15. The first-order valence-electron chi connectivity index (χ1n) is 11.5. The molecule has 2 saturated heterocycles. The van der Waals surface area contributed by atoms with Crippen LogP contribution in [0.1, 0.15) is 35.2 Å². The third-order valence-electron chi connectivity index (χ3n) is 6.91. The molecule has 34 heavy (non-hydrogen) atoms. The number of carbonyl (C=O) groups excluding carboxylic acids is 1. The Balaban J connectivity index is 1.62. The highest BCUT2D eigenvalue weighted by atomic mass is 32.2. The number of esters is 1. The molecule has 0 amide bonds. The number of ether oxygens (including phenoxy) is 2. The van der Waals surface area contributed by atoms with Crippen LogP contribution < -0.4 is 5.06 Å². The van der Waals surface area contributed by atoms with Gasteiger partial charge in [0.15, 0.2) is 6.10 Å². The summed E-state index contributed by atoms with van der Waals surface area (Å²) in [6.07, 6.45) is -1.13. The fourth-order valence-corrected chi connectivity index (χ4v) is 7.11. The summed E-state index contributed by atoms with van der Waals surface area (Å²) in [5.41, 5.74) is 4.97. The maximum Gasteiger partial charge on any atom is 0.333 e. The lowest BCUT2D eigenvalue weighted by Gasteiger charge is -2.32. The highest BCUT2D eigenvalue weighted by Crippen LogP contribution is 2.57. The van der Waals surface area contributed by atoms with Gasteiger partial charge in [-0.05, 0) is 55.2 Å². The molecule has 0 aliphatic carbocycles. The van der Waals surface area contributed by atoms with Gasteiger partial charge in [0.2, 0.25) is 11.0 Å². The monoisotopic (exact) mass is 475 g/mol. The Kier molecular flexibility index (Phi) is 5.09. The molecule has 3 heterocycles. The van der Waals surface area contributed by atoms with E-state index >= 15 is 0 Å². The molecule has 174 valence electrons. The number of benzene rings is 3. The van der Waals surface area contributed by atoms with E-state index in [-0.39, 0.29) is 0 Å². The van der Waals surface area contributed by atoms with E-state index in [0.29, 0.717) is 17.9 Å². The number of rotatable bonds is 4. The van der Waals surface area contributed by atoms with Gasteiger partial charge in [-0.1, -0.05) is 60.2 Å². The second kappa shape index (κ2) is 8.05. The third kappa shape index (κ3) is 2.94. The van der Waals surface area contributed by atoms with Gasteiger partial charge in [0.25, 0.3) is 0 Å². The minimum Gasteiger partial charge on any atom is -0.431 e. The summed E-state index contributed by atoms with van der Waals surface area (Å²) in [4.78, 5) is 20.9. The summed E-state index contributed by atoms with van der Waals surface area (Å²) in [7, 11) is -1.78. The number of hydrogen-bond acceptors (Lipinski definition) is 6. The number of hydrogen-bond donors (Lipinski definition) is 0. The van der Waals surface area contributed by atoms with Crippen LogP contribution in [0.25, 0.3) is 0 Å². The van der Waals surface area contributed by atoms with Gasteiger partial charge in [-0.2, -0.15) is 0 Å². The van der Waals surface area contributed by atoms with Crippen LogP contribution in [0.4, 0.5) is 5.69 Å². The van der Waals surface area contributed by atoms with Crippen LogP contribution in [-0.2, 0) is 36.3 Å². The van der Waals surface area contributed by atoms with Crippen molar-refractivity contribution in [2.24, 2.45) is 0 Å². The van der Waals surface area contributed by atoms with Gasteiger partial charge in [0, 0.05) is 11.5 Å². The molecule has 3 aliphatic rings. The number of nitrogens with zero attached hydrogens (tertiary/aromatic N) is 1. The molecule has 6 rings (SSSR count). The number of anilines is 1. The van der Waals surface area contributed by atoms with Crippen molar-refractivity contribution >= 4 is 22.5 Å². The highest BCUT2D eigenvalue weighted by molar-refractivity contribution is 7.87. The average Bonchev–Trinajstić information content (AvgIpc) is 3.28. The van der Waals surface area contributed by atoms with E-state index in [9.17, 15) is 9.00 Å². The van der Waals surface area contributed by atoms with E-state index in [1.807, 2.05) is 74.5 Å². The molecule has 3 aliphatic heterocycles. The highest BCUT2D eigenvalue weighted by Gasteiger charge is 2.74. The van der Waals surface area contributed by atoms with E-state index in [4.69, 9.17) is 14.3 Å². The molecule has 2 fully saturated rings. The molecule has 0 N–H and O–H groups in total.